The van der Waals surface area contributed by atoms with Gasteiger partial charge in [0.05, 0.1) is 17.7 Å². The fourth-order valence-corrected chi connectivity index (χ4v) is 1.54. The number of hydrogen-bond donors (Lipinski definition) is 1. The molecule has 1 N–H and O–H groups in total. The SMILES string of the molecule is Cc1ccc(C#N)c(NC(C)CC(F)(F)F)c1. The predicted molar refractivity (Wildman–Crippen MR) is 59.7 cm³/mol. The van der Waals surface area contributed by atoms with Gasteiger partial charge in [-0.05, 0) is 31.5 Å². The minimum Gasteiger partial charge on any atom is -0.381 e. The van der Waals surface area contributed by atoms with Gasteiger partial charge in [-0.25, -0.2) is 0 Å². The maximum atomic E-state index is 12.2. The van der Waals surface area contributed by atoms with Gasteiger partial charge < -0.3 is 5.32 Å². The molecule has 1 atom stereocenters. The van der Waals surface area contributed by atoms with E-state index in [2.05, 4.69) is 5.32 Å². The normalized spacial score (nSPS) is 12.9. The molecule has 0 spiro atoms. The molecule has 0 radical (unpaired) electrons. The summed E-state index contributed by atoms with van der Waals surface area (Å²) in [4.78, 5) is 0. The van der Waals surface area contributed by atoms with Crippen molar-refractivity contribution in [2.45, 2.75) is 32.5 Å². The van der Waals surface area contributed by atoms with Crippen molar-refractivity contribution < 1.29 is 13.2 Å². The largest absolute Gasteiger partial charge is 0.391 e. The van der Waals surface area contributed by atoms with Crippen LogP contribution in [0.5, 0.6) is 0 Å². The minimum atomic E-state index is -4.21. The quantitative estimate of drug-likeness (QED) is 0.878. The molecule has 0 heterocycles. The zero-order valence-electron chi connectivity index (χ0n) is 9.60. The summed E-state index contributed by atoms with van der Waals surface area (Å²) >= 11 is 0. The zero-order chi connectivity index (χ0) is 13.1. The summed E-state index contributed by atoms with van der Waals surface area (Å²) in [5.41, 5.74) is 1.69. The smallest absolute Gasteiger partial charge is 0.381 e. The third-order valence-corrected chi connectivity index (χ3v) is 2.24. The molecular formula is C12H13F3N2. The molecule has 0 saturated heterocycles. The van der Waals surface area contributed by atoms with Gasteiger partial charge >= 0.3 is 6.18 Å². The van der Waals surface area contributed by atoms with Crippen molar-refractivity contribution in [3.05, 3.63) is 29.3 Å². The molecule has 0 aromatic heterocycles. The van der Waals surface area contributed by atoms with Crippen LogP contribution in [0.15, 0.2) is 18.2 Å². The number of benzene rings is 1. The highest BCUT2D eigenvalue weighted by Gasteiger charge is 2.30. The van der Waals surface area contributed by atoms with Crippen LogP contribution in [0.3, 0.4) is 0 Å². The van der Waals surface area contributed by atoms with E-state index in [9.17, 15) is 13.2 Å². The highest BCUT2D eigenvalue weighted by Crippen LogP contribution is 2.24. The van der Waals surface area contributed by atoms with Crippen LogP contribution in [0.25, 0.3) is 0 Å². The summed E-state index contributed by atoms with van der Waals surface area (Å²) < 4.78 is 36.5. The maximum Gasteiger partial charge on any atom is 0.391 e. The van der Waals surface area contributed by atoms with Crippen LogP contribution in [0.1, 0.15) is 24.5 Å². The lowest BCUT2D eigenvalue weighted by molar-refractivity contribution is -0.136. The Hall–Kier alpha value is -1.70. The van der Waals surface area contributed by atoms with Crippen molar-refractivity contribution in [2.75, 3.05) is 5.32 Å². The monoisotopic (exact) mass is 242 g/mol. The summed E-state index contributed by atoms with van der Waals surface area (Å²) in [6, 6.07) is 6.20. The zero-order valence-corrected chi connectivity index (χ0v) is 9.60. The second kappa shape index (κ2) is 5.09. The van der Waals surface area contributed by atoms with Gasteiger partial charge in [-0.2, -0.15) is 18.4 Å². The molecule has 0 aliphatic carbocycles. The molecule has 1 rings (SSSR count). The third kappa shape index (κ3) is 4.35. The molecular weight excluding hydrogens is 229 g/mol. The number of alkyl halides is 3. The average Bonchev–Trinajstić information content (AvgIpc) is 2.14. The van der Waals surface area contributed by atoms with E-state index in [0.29, 0.717) is 11.3 Å². The molecule has 1 aromatic carbocycles. The van der Waals surface area contributed by atoms with Gasteiger partial charge in [-0.15, -0.1) is 0 Å². The van der Waals surface area contributed by atoms with Gasteiger partial charge in [0.1, 0.15) is 6.07 Å². The van der Waals surface area contributed by atoms with Crippen molar-refractivity contribution in [1.82, 2.24) is 0 Å². The summed E-state index contributed by atoms with van der Waals surface area (Å²) in [5, 5.41) is 11.6. The molecule has 17 heavy (non-hydrogen) atoms. The van der Waals surface area contributed by atoms with Crippen LogP contribution in [0.4, 0.5) is 18.9 Å². The van der Waals surface area contributed by atoms with E-state index in [1.54, 1.807) is 18.2 Å². The summed E-state index contributed by atoms with van der Waals surface area (Å²) in [7, 11) is 0. The lowest BCUT2D eigenvalue weighted by atomic mass is 10.1. The Morgan fingerprint density at radius 3 is 2.59 bits per heavy atom. The molecule has 1 unspecified atom stereocenters. The highest BCUT2D eigenvalue weighted by molar-refractivity contribution is 5.59. The standard InChI is InChI=1S/C12H13F3N2/c1-8-3-4-10(7-16)11(5-8)17-9(2)6-12(13,14)15/h3-5,9,17H,6H2,1-2H3. The third-order valence-electron chi connectivity index (χ3n) is 2.24. The van der Waals surface area contributed by atoms with Crippen molar-refractivity contribution in [2.24, 2.45) is 0 Å². The van der Waals surface area contributed by atoms with Crippen LogP contribution in [-0.2, 0) is 0 Å². The van der Waals surface area contributed by atoms with Gasteiger partial charge in [0, 0.05) is 6.04 Å². The van der Waals surface area contributed by atoms with Crippen molar-refractivity contribution in [3.8, 4) is 6.07 Å². The second-order valence-electron chi connectivity index (χ2n) is 4.03. The molecule has 5 heteroatoms. The van der Waals surface area contributed by atoms with E-state index < -0.39 is 18.6 Å². The Kier molecular flexibility index (Phi) is 4.00. The van der Waals surface area contributed by atoms with E-state index in [-0.39, 0.29) is 0 Å². The number of nitrogens with zero attached hydrogens (tertiary/aromatic N) is 1. The van der Waals surface area contributed by atoms with Crippen molar-refractivity contribution in [3.63, 3.8) is 0 Å². The summed E-state index contributed by atoms with van der Waals surface area (Å²) in [5.74, 6) is 0. The summed E-state index contributed by atoms with van der Waals surface area (Å²) in [6.07, 6.45) is -5.13. The molecule has 2 nitrogen and oxygen atoms in total. The number of rotatable bonds is 3. The molecule has 0 aliphatic rings. The number of nitriles is 1. The van der Waals surface area contributed by atoms with Gasteiger partial charge in [0.25, 0.3) is 0 Å². The van der Waals surface area contributed by atoms with E-state index in [4.69, 9.17) is 5.26 Å². The number of hydrogen-bond acceptors (Lipinski definition) is 2. The highest BCUT2D eigenvalue weighted by atomic mass is 19.4. The fraction of sp³-hybridized carbons (Fsp3) is 0.417. The van der Waals surface area contributed by atoms with E-state index in [1.807, 2.05) is 13.0 Å². The number of halogens is 3. The Bertz CT molecular complexity index is 432. The minimum absolute atomic E-state index is 0.352. The van der Waals surface area contributed by atoms with Crippen molar-refractivity contribution >= 4 is 5.69 Å². The lowest BCUT2D eigenvalue weighted by Gasteiger charge is -2.18. The molecule has 0 amide bonds. The van der Waals surface area contributed by atoms with Crippen LogP contribution in [0.2, 0.25) is 0 Å². The van der Waals surface area contributed by atoms with Gasteiger partial charge in [-0.3, -0.25) is 0 Å². The van der Waals surface area contributed by atoms with Gasteiger partial charge in [0.2, 0.25) is 0 Å². The van der Waals surface area contributed by atoms with Crippen LogP contribution < -0.4 is 5.32 Å². The molecule has 0 bridgehead atoms. The Labute approximate surface area is 98.1 Å². The lowest BCUT2D eigenvalue weighted by Crippen LogP contribution is -2.24. The number of aryl methyl sites for hydroxylation is 1. The van der Waals surface area contributed by atoms with Crippen molar-refractivity contribution in [1.29, 1.82) is 5.26 Å². The average molecular weight is 242 g/mol. The topological polar surface area (TPSA) is 35.8 Å². The van der Waals surface area contributed by atoms with E-state index in [0.717, 1.165) is 5.56 Å². The molecule has 1 aromatic rings. The number of nitrogens with one attached hydrogen (secondary N) is 1. The van der Waals surface area contributed by atoms with E-state index >= 15 is 0 Å². The van der Waals surface area contributed by atoms with E-state index in [1.165, 1.54) is 6.92 Å². The first-order chi connectivity index (χ1) is 7.81. The molecule has 0 saturated carbocycles. The van der Waals surface area contributed by atoms with Gasteiger partial charge in [0.15, 0.2) is 0 Å². The van der Waals surface area contributed by atoms with Crippen LogP contribution in [-0.4, -0.2) is 12.2 Å². The predicted octanol–water partition coefficient (Wildman–Crippen LogP) is 3.62. The first-order valence-electron chi connectivity index (χ1n) is 5.16. The molecule has 0 aliphatic heterocycles. The summed E-state index contributed by atoms with van der Waals surface area (Å²) in [6.45, 7) is 3.26. The Morgan fingerprint density at radius 2 is 2.06 bits per heavy atom. The fourth-order valence-electron chi connectivity index (χ4n) is 1.54. The Morgan fingerprint density at radius 1 is 1.41 bits per heavy atom. The first-order valence-corrected chi connectivity index (χ1v) is 5.16. The molecule has 92 valence electrons. The second-order valence-corrected chi connectivity index (χ2v) is 4.03. The van der Waals surface area contributed by atoms with Crippen LogP contribution in [0, 0.1) is 18.3 Å². The molecule has 0 fully saturated rings. The maximum absolute atomic E-state index is 12.2. The Balaban J connectivity index is 2.81. The number of anilines is 1. The van der Waals surface area contributed by atoms with Crippen LogP contribution >= 0.6 is 0 Å². The van der Waals surface area contributed by atoms with Gasteiger partial charge in [-0.1, -0.05) is 6.07 Å². The first kappa shape index (κ1) is 13.4.